The third kappa shape index (κ3) is 5.44. The van der Waals surface area contributed by atoms with Gasteiger partial charge in [-0.3, -0.25) is 9.69 Å². The lowest BCUT2D eigenvalue weighted by atomic mass is 10.1. The van der Waals surface area contributed by atoms with E-state index in [9.17, 15) is 9.59 Å². The molecule has 0 bridgehead atoms. The van der Waals surface area contributed by atoms with Crippen LogP contribution in [-0.4, -0.2) is 23.5 Å². The number of ether oxygens (including phenoxy) is 1. The number of carbonyl (C=O) groups excluding carboxylic acids is 2. The third-order valence-electron chi connectivity index (χ3n) is 3.04. The first-order valence-electron chi connectivity index (χ1n) is 7.46. The van der Waals surface area contributed by atoms with E-state index in [1.165, 1.54) is 4.90 Å². The summed E-state index contributed by atoms with van der Waals surface area (Å²) in [6.45, 7) is 9.11. The monoisotopic (exact) mass is 369 g/mol. The molecule has 1 atom stereocenters. The average molecular weight is 370 g/mol. The summed E-state index contributed by atoms with van der Waals surface area (Å²) in [5, 5.41) is 0. The summed E-state index contributed by atoms with van der Waals surface area (Å²) in [4.78, 5) is 26.2. The molecule has 1 aromatic carbocycles. The molecule has 22 heavy (non-hydrogen) atoms. The summed E-state index contributed by atoms with van der Waals surface area (Å²) in [5.41, 5.74) is 0.0347. The van der Waals surface area contributed by atoms with Crippen LogP contribution in [0.2, 0.25) is 0 Å². The molecule has 0 radical (unpaired) electrons. The van der Waals surface area contributed by atoms with Crippen molar-refractivity contribution in [3.63, 3.8) is 0 Å². The number of amides is 1. The summed E-state index contributed by atoms with van der Waals surface area (Å²) in [5.74, 6) is 0.0243. The Balaban J connectivity index is 3.12. The zero-order chi connectivity index (χ0) is 16.9. The van der Waals surface area contributed by atoms with Crippen molar-refractivity contribution in [3.05, 3.63) is 28.7 Å². The van der Waals surface area contributed by atoms with Gasteiger partial charge in [-0.05, 0) is 58.4 Å². The van der Waals surface area contributed by atoms with Crippen molar-refractivity contribution >= 4 is 33.5 Å². The molecule has 0 heterocycles. The smallest absolute Gasteiger partial charge is 0.415 e. The van der Waals surface area contributed by atoms with Crippen LogP contribution in [0, 0.1) is 0 Å². The molecule has 122 valence electrons. The molecule has 0 aliphatic heterocycles. The van der Waals surface area contributed by atoms with Gasteiger partial charge in [-0.15, -0.1) is 0 Å². The molecule has 0 N–H and O–H groups in total. The standard InChI is InChI=1S/C17H24BrNO3/c1-6-7-15(20)12(2)19(16(21)22-17(3,4)5)14-10-8-13(18)9-11-14/h8-12H,6-7H2,1-5H3. The van der Waals surface area contributed by atoms with Gasteiger partial charge in [-0.1, -0.05) is 22.9 Å². The van der Waals surface area contributed by atoms with Gasteiger partial charge in [0.2, 0.25) is 0 Å². The van der Waals surface area contributed by atoms with Gasteiger partial charge in [-0.25, -0.2) is 4.79 Å². The van der Waals surface area contributed by atoms with E-state index in [0.717, 1.165) is 10.9 Å². The quantitative estimate of drug-likeness (QED) is 0.737. The molecular formula is C17H24BrNO3. The lowest BCUT2D eigenvalue weighted by Gasteiger charge is -2.31. The maximum Gasteiger partial charge on any atom is 0.415 e. The van der Waals surface area contributed by atoms with E-state index >= 15 is 0 Å². The van der Waals surface area contributed by atoms with Crippen molar-refractivity contribution in [1.82, 2.24) is 0 Å². The minimum absolute atomic E-state index is 0.0243. The molecule has 0 spiro atoms. The van der Waals surface area contributed by atoms with Crippen LogP contribution in [0.15, 0.2) is 28.7 Å². The fraction of sp³-hybridized carbons (Fsp3) is 0.529. The minimum atomic E-state index is -0.613. The van der Waals surface area contributed by atoms with Crippen molar-refractivity contribution in [2.24, 2.45) is 0 Å². The van der Waals surface area contributed by atoms with Crippen LogP contribution in [0.4, 0.5) is 10.5 Å². The number of benzene rings is 1. The van der Waals surface area contributed by atoms with Crippen LogP contribution in [0.25, 0.3) is 0 Å². The second-order valence-electron chi connectivity index (χ2n) is 6.22. The molecule has 5 heteroatoms. The van der Waals surface area contributed by atoms with Crippen LogP contribution >= 0.6 is 15.9 Å². The van der Waals surface area contributed by atoms with E-state index in [-0.39, 0.29) is 5.78 Å². The highest BCUT2D eigenvalue weighted by atomic mass is 79.9. The number of hydrogen-bond acceptors (Lipinski definition) is 3. The molecule has 0 fully saturated rings. The van der Waals surface area contributed by atoms with Crippen LogP contribution in [0.5, 0.6) is 0 Å². The van der Waals surface area contributed by atoms with Gasteiger partial charge in [0.15, 0.2) is 5.78 Å². The zero-order valence-electron chi connectivity index (χ0n) is 13.9. The van der Waals surface area contributed by atoms with Gasteiger partial charge in [-0.2, -0.15) is 0 Å². The highest BCUT2D eigenvalue weighted by molar-refractivity contribution is 9.10. The number of anilines is 1. The first-order valence-corrected chi connectivity index (χ1v) is 8.25. The fourth-order valence-corrected chi connectivity index (χ4v) is 2.26. The van der Waals surface area contributed by atoms with E-state index in [1.807, 2.05) is 39.8 Å². The topological polar surface area (TPSA) is 46.6 Å². The summed E-state index contributed by atoms with van der Waals surface area (Å²) < 4.78 is 6.37. The summed E-state index contributed by atoms with van der Waals surface area (Å²) in [6, 6.07) is 6.71. The number of halogens is 1. The Morgan fingerprint density at radius 1 is 1.23 bits per heavy atom. The highest BCUT2D eigenvalue weighted by Gasteiger charge is 2.30. The van der Waals surface area contributed by atoms with Crippen LogP contribution < -0.4 is 4.90 Å². The minimum Gasteiger partial charge on any atom is -0.443 e. The molecule has 1 amide bonds. The van der Waals surface area contributed by atoms with E-state index in [0.29, 0.717) is 12.1 Å². The lowest BCUT2D eigenvalue weighted by Crippen LogP contribution is -2.46. The Morgan fingerprint density at radius 2 is 1.77 bits per heavy atom. The first-order chi connectivity index (χ1) is 10.2. The molecule has 0 saturated heterocycles. The largest absolute Gasteiger partial charge is 0.443 e. The molecule has 1 unspecified atom stereocenters. The third-order valence-corrected chi connectivity index (χ3v) is 3.57. The lowest BCUT2D eigenvalue weighted by molar-refractivity contribution is -0.120. The van der Waals surface area contributed by atoms with Gasteiger partial charge in [0.25, 0.3) is 0 Å². The van der Waals surface area contributed by atoms with E-state index in [2.05, 4.69) is 15.9 Å². The maximum atomic E-state index is 12.5. The predicted octanol–water partition coefficient (Wildman–Crippen LogP) is 4.95. The number of carbonyl (C=O) groups is 2. The van der Waals surface area contributed by atoms with Crippen LogP contribution in [0.1, 0.15) is 47.5 Å². The second-order valence-corrected chi connectivity index (χ2v) is 7.13. The van der Waals surface area contributed by atoms with Crippen molar-refractivity contribution in [1.29, 1.82) is 0 Å². The van der Waals surface area contributed by atoms with Crippen LogP contribution in [0.3, 0.4) is 0 Å². The van der Waals surface area contributed by atoms with Crippen molar-refractivity contribution in [2.75, 3.05) is 4.90 Å². The number of ketones is 1. The Labute approximate surface area is 141 Å². The van der Waals surface area contributed by atoms with Gasteiger partial charge in [0.05, 0.1) is 6.04 Å². The molecule has 0 aliphatic rings. The van der Waals surface area contributed by atoms with Gasteiger partial charge < -0.3 is 4.74 Å². The van der Waals surface area contributed by atoms with Gasteiger partial charge in [0, 0.05) is 16.6 Å². The molecule has 1 aromatic rings. The molecule has 4 nitrogen and oxygen atoms in total. The number of Topliss-reactive ketones (excluding diaryl/α,β-unsaturated/α-hetero) is 1. The summed E-state index contributed by atoms with van der Waals surface area (Å²) >= 11 is 3.37. The van der Waals surface area contributed by atoms with Crippen LogP contribution in [-0.2, 0) is 9.53 Å². The Morgan fingerprint density at radius 3 is 2.23 bits per heavy atom. The predicted molar refractivity (Wildman–Crippen MR) is 92.2 cm³/mol. The molecule has 0 saturated carbocycles. The van der Waals surface area contributed by atoms with Crippen molar-refractivity contribution in [2.45, 2.75) is 59.1 Å². The van der Waals surface area contributed by atoms with Gasteiger partial charge >= 0.3 is 6.09 Å². The maximum absolute atomic E-state index is 12.5. The number of nitrogens with zero attached hydrogens (tertiary/aromatic N) is 1. The van der Waals surface area contributed by atoms with E-state index in [1.54, 1.807) is 19.1 Å². The first kappa shape index (κ1) is 18.7. The Bertz CT molecular complexity index is 520. The normalized spacial score (nSPS) is 12.6. The van der Waals surface area contributed by atoms with Crippen molar-refractivity contribution < 1.29 is 14.3 Å². The zero-order valence-corrected chi connectivity index (χ0v) is 15.4. The van der Waals surface area contributed by atoms with Gasteiger partial charge in [0.1, 0.15) is 5.60 Å². The molecule has 0 aliphatic carbocycles. The van der Waals surface area contributed by atoms with Crippen molar-refractivity contribution in [3.8, 4) is 0 Å². The number of hydrogen-bond donors (Lipinski definition) is 0. The second kappa shape index (κ2) is 7.77. The molecular weight excluding hydrogens is 346 g/mol. The summed E-state index contributed by atoms with van der Waals surface area (Å²) in [7, 11) is 0. The highest BCUT2D eigenvalue weighted by Crippen LogP contribution is 2.24. The van der Waals surface area contributed by atoms with E-state index < -0.39 is 17.7 Å². The number of rotatable bonds is 5. The Hall–Kier alpha value is -1.36. The Kier molecular flexibility index (Phi) is 6.60. The average Bonchev–Trinajstić information content (AvgIpc) is 2.39. The fourth-order valence-electron chi connectivity index (χ4n) is 2.00. The van der Waals surface area contributed by atoms with E-state index in [4.69, 9.17) is 4.74 Å². The molecule has 1 rings (SSSR count). The SMILES string of the molecule is CCCC(=O)C(C)N(C(=O)OC(C)(C)C)c1ccc(Br)cc1. The molecule has 0 aromatic heterocycles. The summed E-state index contributed by atoms with van der Waals surface area (Å²) in [6.07, 6.45) is 0.689.